The Bertz CT molecular complexity index is 1540. The number of rotatable bonds is 4. The van der Waals surface area contributed by atoms with Crippen LogP contribution in [0.15, 0.2) is 63.3 Å². The number of aromatic amines is 2. The number of benzene rings is 2. The first kappa shape index (κ1) is 24.4. The van der Waals surface area contributed by atoms with Crippen molar-refractivity contribution in [1.82, 2.24) is 9.97 Å². The molecule has 3 aromatic rings. The molecule has 0 unspecified atom stereocenters. The number of Topliss-reactive ketones (excluding diaryl/α,β-unsaturated/α-hetero) is 1. The Hall–Kier alpha value is -4.28. The molecule has 5 rings (SSSR count). The molecule has 3 N–H and O–H groups in total. The molecule has 192 valence electrons. The highest BCUT2D eigenvalue weighted by Crippen LogP contribution is 2.47. The first-order valence-electron chi connectivity index (χ1n) is 11.4. The second kappa shape index (κ2) is 8.99. The molecule has 11 heteroatoms. The van der Waals surface area contributed by atoms with Gasteiger partial charge in [0.05, 0.1) is 25.3 Å². The highest BCUT2D eigenvalue weighted by Gasteiger charge is 2.41. The topological polar surface area (TPSA) is 113 Å². The van der Waals surface area contributed by atoms with Crippen LogP contribution < -0.4 is 26.0 Å². The molecule has 0 fully saturated rings. The van der Waals surface area contributed by atoms with Crippen LogP contribution in [0.5, 0.6) is 11.5 Å². The standard InChI is InChI=1S/C26H22F3N3O5/c1-36-18-8-5-13(11-19(18)37-2)14-9-16-21(17(33)10-14)20(12-3-6-15(7-4-12)26(27,28)29)22-23(30-16)31-25(35)32-24(22)34/h3-8,11,14,20H,9-10H2,1-2H3,(H3,30,31,32,34,35)/t14-,20-/m0/s1. The van der Waals surface area contributed by atoms with E-state index in [2.05, 4.69) is 15.3 Å². The van der Waals surface area contributed by atoms with E-state index in [1.807, 2.05) is 6.07 Å². The summed E-state index contributed by atoms with van der Waals surface area (Å²) < 4.78 is 50.2. The van der Waals surface area contributed by atoms with Crippen molar-refractivity contribution < 1.29 is 27.4 Å². The maximum atomic E-state index is 13.6. The molecule has 0 saturated heterocycles. The van der Waals surface area contributed by atoms with Crippen molar-refractivity contribution in [3.05, 3.63) is 96.8 Å². The Kier molecular flexibility index (Phi) is 5.93. The van der Waals surface area contributed by atoms with Gasteiger partial charge in [-0.3, -0.25) is 19.6 Å². The van der Waals surface area contributed by atoms with Gasteiger partial charge in [0.2, 0.25) is 0 Å². The summed E-state index contributed by atoms with van der Waals surface area (Å²) >= 11 is 0. The van der Waals surface area contributed by atoms with E-state index in [9.17, 15) is 27.6 Å². The van der Waals surface area contributed by atoms with Crippen LogP contribution in [0.2, 0.25) is 0 Å². The number of ether oxygens (including phenoxy) is 2. The average Bonchev–Trinajstić information content (AvgIpc) is 2.86. The van der Waals surface area contributed by atoms with Gasteiger partial charge in [0.1, 0.15) is 5.82 Å². The number of hydrogen-bond acceptors (Lipinski definition) is 6. The Morgan fingerprint density at radius 3 is 2.19 bits per heavy atom. The van der Waals surface area contributed by atoms with Crippen molar-refractivity contribution in [2.45, 2.75) is 30.9 Å². The summed E-state index contributed by atoms with van der Waals surface area (Å²) in [5, 5.41) is 3.04. The van der Waals surface area contributed by atoms with Crippen LogP contribution in [-0.4, -0.2) is 30.0 Å². The van der Waals surface area contributed by atoms with Gasteiger partial charge >= 0.3 is 11.9 Å². The summed E-state index contributed by atoms with van der Waals surface area (Å²) in [6.07, 6.45) is -4.06. The Balaban J connectivity index is 1.62. The third-order valence-electron chi connectivity index (χ3n) is 6.79. The number of allylic oxidation sites excluding steroid dienone is 2. The predicted octanol–water partition coefficient (Wildman–Crippen LogP) is 4.06. The zero-order valence-electron chi connectivity index (χ0n) is 19.8. The van der Waals surface area contributed by atoms with E-state index in [4.69, 9.17) is 9.47 Å². The highest BCUT2D eigenvalue weighted by atomic mass is 19.4. The second-order valence-corrected chi connectivity index (χ2v) is 8.91. The normalized spacial score (nSPS) is 19.1. The first-order chi connectivity index (χ1) is 17.6. The molecule has 1 aromatic heterocycles. The van der Waals surface area contributed by atoms with Crippen LogP contribution in [0.1, 0.15) is 46.9 Å². The van der Waals surface area contributed by atoms with Gasteiger partial charge in [0, 0.05) is 23.6 Å². The van der Waals surface area contributed by atoms with Gasteiger partial charge in [0.15, 0.2) is 17.3 Å². The Morgan fingerprint density at radius 1 is 0.865 bits per heavy atom. The summed E-state index contributed by atoms with van der Waals surface area (Å²) in [7, 11) is 3.03. The average molecular weight is 513 g/mol. The first-order valence-corrected chi connectivity index (χ1v) is 11.4. The molecule has 0 bridgehead atoms. The Labute approximate surface area is 208 Å². The lowest BCUT2D eigenvalue weighted by molar-refractivity contribution is -0.137. The van der Waals surface area contributed by atoms with E-state index in [1.165, 1.54) is 26.4 Å². The lowest BCUT2D eigenvalue weighted by Gasteiger charge is -2.35. The molecule has 1 aliphatic carbocycles. The Morgan fingerprint density at radius 2 is 1.54 bits per heavy atom. The molecule has 37 heavy (non-hydrogen) atoms. The predicted molar refractivity (Wildman–Crippen MR) is 128 cm³/mol. The fraction of sp³-hybridized carbons (Fsp3) is 0.269. The van der Waals surface area contributed by atoms with E-state index in [1.54, 1.807) is 12.1 Å². The number of aromatic nitrogens is 2. The largest absolute Gasteiger partial charge is 0.493 e. The van der Waals surface area contributed by atoms with E-state index in [0.717, 1.165) is 17.7 Å². The van der Waals surface area contributed by atoms with Crippen molar-refractivity contribution in [3.8, 4) is 11.5 Å². The molecular weight excluding hydrogens is 491 g/mol. The number of carbonyl (C=O) groups is 1. The minimum atomic E-state index is -4.54. The molecule has 2 atom stereocenters. The van der Waals surface area contributed by atoms with Crippen LogP contribution >= 0.6 is 0 Å². The molecule has 0 radical (unpaired) electrons. The number of ketones is 1. The number of nitrogens with one attached hydrogen (secondary N) is 3. The molecule has 2 heterocycles. The van der Waals surface area contributed by atoms with Crippen molar-refractivity contribution in [2.75, 3.05) is 19.5 Å². The van der Waals surface area contributed by atoms with Gasteiger partial charge in [0.25, 0.3) is 5.56 Å². The molecule has 2 aromatic carbocycles. The quantitative estimate of drug-likeness (QED) is 0.485. The number of methoxy groups -OCH3 is 2. The summed E-state index contributed by atoms with van der Waals surface area (Å²) in [6.45, 7) is 0. The second-order valence-electron chi connectivity index (χ2n) is 8.91. The number of halogens is 3. The van der Waals surface area contributed by atoms with Crippen molar-refractivity contribution >= 4 is 11.6 Å². The van der Waals surface area contributed by atoms with Crippen LogP contribution in [0.25, 0.3) is 0 Å². The zero-order valence-corrected chi connectivity index (χ0v) is 19.8. The highest BCUT2D eigenvalue weighted by molar-refractivity contribution is 6.01. The molecular formula is C26H22F3N3O5. The summed E-state index contributed by atoms with van der Waals surface area (Å²) in [5.41, 5.74) is -0.303. The third kappa shape index (κ3) is 4.30. The number of H-pyrrole nitrogens is 2. The molecule has 0 saturated carbocycles. The summed E-state index contributed by atoms with van der Waals surface area (Å²) in [6, 6.07) is 9.71. The smallest absolute Gasteiger partial charge is 0.416 e. The van der Waals surface area contributed by atoms with E-state index >= 15 is 0 Å². The minimum absolute atomic E-state index is 0.0658. The lowest BCUT2D eigenvalue weighted by Crippen LogP contribution is -2.37. The molecule has 2 aliphatic rings. The van der Waals surface area contributed by atoms with Crippen LogP contribution in [0, 0.1) is 0 Å². The number of hydrogen-bond donors (Lipinski definition) is 3. The maximum absolute atomic E-state index is 13.6. The van der Waals surface area contributed by atoms with Crippen LogP contribution in [0.3, 0.4) is 0 Å². The summed E-state index contributed by atoms with van der Waals surface area (Å²) in [4.78, 5) is 43.1. The van der Waals surface area contributed by atoms with Crippen molar-refractivity contribution in [3.63, 3.8) is 0 Å². The number of anilines is 1. The number of carbonyl (C=O) groups excluding carboxylic acids is 1. The molecule has 0 spiro atoms. The fourth-order valence-electron chi connectivity index (χ4n) is 5.09. The SMILES string of the molecule is COc1ccc([C@@H]2CC(=O)C3=C(C2)Nc2[nH]c(=O)[nH]c(=O)c2[C@H]3c2ccc(C(F)(F)F)cc2)cc1OC. The molecule has 8 nitrogen and oxygen atoms in total. The molecule has 1 aliphatic heterocycles. The van der Waals surface area contributed by atoms with E-state index < -0.39 is 28.9 Å². The zero-order chi connectivity index (χ0) is 26.5. The van der Waals surface area contributed by atoms with Crippen LogP contribution in [0.4, 0.5) is 19.0 Å². The van der Waals surface area contributed by atoms with Gasteiger partial charge in [-0.25, -0.2) is 4.79 Å². The minimum Gasteiger partial charge on any atom is -0.493 e. The van der Waals surface area contributed by atoms with Crippen molar-refractivity contribution in [2.24, 2.45) is 0 Å². The van der Waals surface area contributed by atoms with Crippen LogP contribution in [-0.2, 0) is 11.0 Å². The number of fused-ring (bicyclic) bond motifs is 1. The van der Waals surface area contributed by atoms with Gasteiger partial charge < -0.3 is 14.8 Å². The monoisotopic (exact) mass is 513 g/mol. The fourth-order valence-corrected chi connectivity index (χ4v) is 5.09. The summed E-state index contributed by atoms with van der Waals surface area (Å²) in [5.74, 6) is -0.298. The van der Waals surface area contributed by atoms with E-state index in [0.29, 0.717) is 34.8 Å². The van der Waals surface area contributed by atoms with Crippen molar-refractivity contribution in [1.29, 1.82) is 0 Å². The van der Waals surface area contributed by atoms with Gasteiger partial charge in [-0.2, -0.15) is 13.2 Å². The lowest BCUT2D eigenvalue weighted by atomic mass is 9.72. The number of alkyl halides is 3. The molecule has 0 amide bonds. The van der Waals surface area contributed by atoms with Gasteiger partial charge in [-0.1, -0.05) is 18.2 Å². The third-order valence-corrected chi connectivity index (χ3v) is 6.79. The van der Waals surface area contributed by atoms with Gasteiger partial charge in [-0.05, 0) is 47.7 Å². The van der Waals surface area contributed by atoms with E-state index in [-0.39, 0.29) is 29.5 Å². The maximum Gasteiger partial charge on any atom is 0.416 e. The van der Waals surface area contributed by atoms with Gasteiger partial charge in [-0.15, -0.1) is 0 Å².